The average Bonchev–Trinajstić information content (AvgIpc) is 2.40. The van der Waals surface area contributed by atoms with Crippen molar-refractivity contribution in [2.24, 2.45) is 5.73 Å². The summed E-state index contributed by atoms with van der Waals surface area (Å²) in [5.74, 6) is 0.105. The zero-order valence-electron chi connectivity index (χ0n) is 9.74. The smallest absolute Gasteiger partial charge is 0.284 e. The summed E-state index contributed by atoms with van der Waals surface area (Å²) in [6, 6.07) is 18.5. The highest BCUT2D eigenvalue weighted by Gasteiger charge is 2.07. The molecule has 0 aromatic heterocycles. The first-order chi connectivity index (χ1) is 8.75. The zero-order valence-corrected chi connectivity index (χ0v) is 9.74. The second-order valence-electron chi connectivity index (χ2n) is 3.70. The van der Waals surface area contributed by atoms with Crippen molar-refractivity contribution in [3.8, 4) is 5.75 Å². The highest BCUT2D eigenvalue weighted by atomic mass is 16.5. The van der Waals surface area contributed by atoms with Gasteiger partial charge in [-0.2, -0.15) is 0 Å². The van der Waals surface area contributed by atoms with Gasteiger partial charge in [-0.1, -0.05) is 48.5 Å². The van der Waals surface area contributed by atoms with Gasteiger partial charge in [0.25, 0.3) is 5.91 Å². The van der Waals surface area contributed by atoms with Crippen molar-refractivity contribution in [1.82, 2.24) is 0 Å². The van der Waals surface area contributed by atoms with Crippen LogP contribution in [0, 0.1) is 0 Å². The van der Waals surface area contributed by atoms with E-state index in [0.29, 0.717) is 5.75 Å². The van der Waals surface area contributed by atoms with Crippen LogP contribution < -0.4 is 10.5 Å². The maximum atomic E-state index is 11.3. The minimum Gasteiger partial charge on any atom is -0.452 e. The molecule has 1 amide bonds. The fourth-order valence-corrected chi connectivity index (χ4v) is 1.47. The molecular formula is C15H13NO2. The average molecular weight is 239 g/mol. The van der Waals surface area contributed by atoms with E-state index in [-0.39, 0.29) is 5.76 Å². The van der Waals surface area contributed by atoms with Gasteiger partial charge in [0.1, 0.15) is 5.75 Å². The van der Waals surface area contributed by atoms with E-state index < -0.39 is 5.91 Å². The fraction of sp³-hybridized carbons (Fsp3) is 0. The maximum Gasteiger partial charge on any atom is 0.284 e. The van der Waals surface area contributed by atoms with Crippen LogP contribution in [-0.2, 0) is 4.79 Å². The third-order valence-corrected chi connectivity index (χ3v) is 2.31. The third-order valence-electron chi connectivity index (χ3n) is 2.31. The third kappa shape index (κ3) is 3.22. The minimum absolute atomic E-state index is 0.118. The molecule has 0 saturated carbocycles. The van der Waals surface area contributed by atoms with Gasteiger partial charge in [-0.15, -0.1) is 0 Å². The lowest BCUT2D eigenvalue weighted by Crippen LogP contribution is -2.18. The Labute approximate surface area is 106 Å². The normalized spacial score (nSPS) is 11.0. The number of para-hydroxylation sites is 1. The topological polar surface area (TPSA) is 52.3 Å². The maximum absolute atomic E-state index is 11.3. The molecule has 0 aliphatic rings. The summed E-state index contributed by atoms with van der Waals surface area (Å²) in [4.78, 5) is 11.3. The Morgan fingerprint density at radius 1 is 0.944 bits per heavy atom. The lowest BCUT2D eigenvalue weighted by molar-refractivity contribution is -0.116. The molecule has 0 aliphatic carbocycles. The Hall–Kier alpha value is -2.55. The van der Waals surface area contributed by atoms with Crippen molar-refractivity contribution < 1.29 is 9.53 Å². The van der Waals surface area contributed by atoms with Crippen molar-refractivity contribution in [3.63, 3.8) is 0 Å². The van der Waals surface area contributed by atoms with Crippen LogP contribution in [0.4, 0.5) is 0 Å². The molecule has 2 rings (SSSR count). The number of carbonyl (C=O) groups is 1. The number of amides is 1. The largest absolute Gasteiger partial charge is 0.452 e. The van der Waals surface area contributed by atoms with Gasteiger partial charge >= 0.3 is 0 Å². The molecule has 0 unspecified atom stereocenters. The summed E-state index contributed by atoms with van der Waals surface area (Å²) in [6.45, 7) is 0. The predicted octanol–water partition coefficient (Wildman–Crippen LogP) is 2.59. The number of nitrogens with two attached hydrogens (primary N) is 1. The van der Waals surface area contributed by atoms with Crippen LogP contribution in [0.25, 0.3) is 6.08 Å². The molecule has 0 aliphatic heterocycles. The first-order valence-electron chi connectivity index (χ1n) is 5.55. The van der Waals surface area contributed by atoms with Gasteiger partial charge in [0.05, 0.1) is 0 Å². The molecule has 2 aromatic carbocycles. The first-order valence-corrected chi connectivity index (χ1v) is 5.55. The fourth-order valence-electron chi connectivity index (χ4n) is 1.47. The molecule has 2 aromatic rings. The Morgan fingerprint density at radius 3 is 2.06 bits per heavy atom. The molecule has 0 heterocycles. The number of benzene rings is 2. The van der Waals surface area contributed by atoms with Crippen molar-refractivity contribution in [2.45, 2.75) is 0 Å². The predicted molar refractivity (Wildman–Crippen MR) is 70.7 cm³/mol. The highest BCUT2D eigenvalue weighted by molar-refractivity contribution is 5.94. The first kappa shape index (κ1) is 11.9. The van der Waals surface area contributed by atoms with Crippen molar-refractivity contribution >= 4 is 12.0 Å². The second-order valence-corrected chi connectivity index (χ2v) is 3.70. The van der Waals surface area contributed by atoms with E-state index in [1.54, 1.807) is 18.2 Å². The second kappa shape index (κ2) is 5.68. The van der Waals surface area contributed by atoms with Gasteiger partial charge in [-0.25, -0.2) is 0 Å². The number of hydrogen-bond acceptors (Lipinski definition) is 2. The van der Waals surface area contributed by atoms with Crippen LogP contribution >= 0.6 is 0 Å². The number of ether oxygens (including phenoxy) is 1. The van der Waals surface area contributed by atoms with Gasteiger partial charge in [-0.05, 0) is 23.8 Å². The number of carbonyl (C=O) groups excluding carboxylic acids is 1. The van der Waals surface area contributed by atoms with E-state index in [1.165, 1.54) is 0 Å². The summed E-state index contributed by atoms with van der Waals surface area (Å²) in [7, 11) is 0. The molecule has 0 saturated heterocycles. The standard InChI is InChI=1S/C15H13NO2/c16-15(17)14(11-12-7-3-1-4-8-12)18-13-9-5-2-6-10-13/h1-11H,(H2,16,17)/b14-11-. The number of hydrogen-bond donors (Lipinski definition) is 1. The SMILES string of the molecule is NC(=O)/C(=C/c1ccccc1)Oc1ccccc1. The van der Waals surface area contributed by atoms with Gasteiger partial charge in [0, 0.05) is 0 Å². The van der Waals surface area contributed by atoms with Crippen LogP contribution in [0.2, 0.25) is 0 Å². The Balaban J connectivity index is 2.25. The van der Waals surface area contributed by atoms with E-state index in [0.717, 1.165) is 5.56 Å². The van der Waals surface area contributed by atoms with E-state index in [1.807, 2.05) is 48.5 Å². The van der Waals surface area contributed by atoms with E-state index in [9.17, 15) is 4.79 Å². The van der Waals surface area contributed by atoms with Gasteiger partial charge in [0.2, 0.25) is 0 Å². The van der Waals surface area contributed by atoms with Crippen LogP contribution in [0.15, 0.2) is 66.4 Å². The summed E-state index contributed by atoms with van der Waals surface area (Å²) in [5, 5.41) is 0. The van der Waals surface area contributed by atoms with E-state index in [2.05, 4.69) is 0 Å². The molecule has 90 valence electrons. The molecular weight excluding hydrogens is 226 g/mol. The summed E-state index contributed by atoms with van der Waals surface area (Å²) in [5.41, 5.74) is 6.16. The molecule has 2 N–H and O–H groups in total. The number of primary amides is 1. The van der Waals surface area contributed by atoms with Crippen molar-refractivity contribution in [3.05, 3.63) is 72.0 Å². The summed E-state index contributed by atoms with van der Waals surface area (Å²) < 4.78 is 5.47. The molecule has 0 spiro atoms. The Morgan fingerprint density at radius 2 is 1.50 bits per heavy atom. The lowest BCUT2D eigenvalue weighted by Gasteiger charge is -2.06. The monoisotopic (exact) mass is 239 g/mol. The molecule has 18 heavy (non-hydrogen) atoms. The molecule has 0 radical (unpaired) electrons. The van der Waals surface area contributed by atoms with E-state index in [4.69, 9.17) is 10.5 Å². The highest BCUT2D eigenvalue weighted by Crippen LogP contribution is 2.15. The Kier molecular flexibility index (Phi) is 3.76. The molecule has 3 heteroatoms. The molecule has 0 atom stereocenters. The molecule has 0 bridgehead atoms. The van der Waals surface area contributed by atoms with Gasteiger partial charge in [0.15, 0.2) is 5.76 Å². The van der Waals surface area contributed by atoms with Crippen molar-refractivity contribution in [1.29, 1.82) is 0 Å². The zero-order chi connectivity index (χ0) is 12.8. The minimum atomic E-state index is -0.595. The van der Waals surface area contributed by atoms with Gasteiger partial charge in [-0.3, -0.25) is 4.79 Å². The molecule has 3 nitrogen and oxygen atoms in total. The van der Waals surface area contributed by atoms with Crippen LogP contribution in [0.3, 0.4) is 0 Å². The molecule has 0 fully saturated rings. The van der Waals surface area contributed by atoms with Crippen LogP contribution in [0.5, 0.6) is 5.75 Å². The summed E-state index contributed by atoms with van der Waals surface area (Å²) >= 11 is 0. The van der Waals surface area contributed by atoms with E-state index >= 15 is 0 Å². The van der Waals surface area contributed by atoms with Crippen molar-refractivity contribution in [2.75, 3.05) is 0 Å². The van der Waals surface area contributed by atoms with Crippen LogP contribution in [0.1, 0.15) is 5.56 Å². The number of rotatable bonds is 4. The van der Waals surface area contributed by atoms with Gasteiger partial charge < -0.3 is 10.5 Å². The summed E-state index contributed by atoms with van der Waals surface area (Å²) in [6.07, 6.45) is 1.62. The lowest BCUT2D eigenvalue weighted by atomic mass is 10.2. The Bertz CT molecular complexity index is 547. The quantitative estimate of drug-likeness (QED) is 0.658. The van der Waals surface area contributed by atoms with Crippen LogP contribution in [-0.4, -0.2) is 5.91 Å².